The van der Waals surface area contributed by atoms with Crippen molar-refractivity contribution in [3.05, 3.63) is 0 Å². The zero-order valence-electron chi connectivity index (χ0n) is 11.4. The Morgan fingerprint density at radius 1 is 1.38 bits per heavy atom. The molecule has 1 rings (SSSR count). The number of hydrogen-bond donors (Lipinski definition) is 1. The Bertz CT molecular complexity index is 176. The van der Waals surface area contributed by atoms with Crippen molar-refractivity contribution >= 4 is 0 Å². The van der Waals surface area contributed by atoms with Crippen molar-refractivity contribution in [3.8, 4) is 0 Å². The fourth-order valence-electron chi connectivity index (χ4n) is 1.93. The molecular weight excluding hydrogens is 206 g/mol. The van der Waals surface area contributed by atoms with E-state index in [2.05, 4.69) is 4.90 Å². The summed E-state index contributed by atoms with van der Waals surface area (Å²) < 4.78 is 10.8. The highest BCUT2D eigenvalue weighted by Crippen LogP contribution is 2.23. The van der Waals surface area contributed by atoms with E-state index < -0.39 is 6.29 Å². The summed E-state index contributed by atoms with van der Waals surface area (Å²) in [5.74, 6) is 0. The highest BCUT2D eigenvalue weighted by Gasteiger charge is 2.37. The third-order valence-corrected chi connectivity index (χ3v) is 2.63. The van der Waals surface area contributed by atoms with E-state index in [1.165, 1.54) is 0 Å². The van der Waals surface area contributed by atoms with Gasteiger partial charge in [0.05, 0.1) is 6.10 Å². The van der Waals surface area contributed by atoms with E-state index in [1.807, 2.05) is 41.8 Å². The molecule has 0 aromatic rings. The molecular formula is C12H27NO3. The fraction of sp³-hybridized carbons (Fsp3) is 1.00. The number of hydrogen-bond acceptors (Lipinski definition) is 4. The van der Waals surface area contributed by atoms with Crippen LogP contribution in [0.25, 0.3) is 0 Å². The van der Waals surface area contributed by atoms with Crippen LogP contribution in [0.4, 0.5) is 0 Å². The van der Waals surface area contributed by atoms with Crippen molar-refractivity contribution in [2.45, 2.75) is 58.7 Å². The molecule has 0 amide bonds. The SMILES string of the molecule is CC.CCO[C@H]1C(O)OC(C)CC1N(C)C. The summed E-state index contributed by atoms with van der Waals surface area (Å²) in [5.41, 5.74) is 0. The molecule has 3 unspecified atom stereocenters. The second-order valence-corrected chi connectivity index (χ2v) is 4.02. The van der Waals surface area contributed by atoms with Gasteiger partial charge in [0.2, 0.25) is 0 Å². The molecule has 4 heteroatoms. The van der Waals surface area contributed by atoms with Crippen LogP contribution < -0.4 is 0 Å². The van der Waals surface area contributed by atoms with Crippen LogP contribution in [0.3, 0.4) is 0 Å². The molecule has 0 radical (unpaired) electrons. The Hall–Kier alpha value is -0.160. The summed E-state index contributed by atoms with van der Waals surface area (Å²) in [7, 11) is 4.00. The fourth-order valence-corrected chi connectivity index (χ4v) is 1.93. The van der Waals surface area contributed by atoms with Gasteiger partial charge in [0, 0.05) is 12.6 Å². The summed E-state index contributed by atoms with van der Waals surface area (Å²) in [5, 5.41) is 9.72. The van der Waals surface area contributed by atoms with Crippen LogP contribution in [-0.4, -0.2) is 55.2 Å². The Labute approximate surface area is 99.5 Å². The molecule has 1 aliphatic rings. The first-order valence-electron chi connectivity index (χ1n) is 6.17. The molecule has 0 spiro atoms. The van der Waals surface area contributed by atoms with Crippen LogP contribution in [0.2, 0.25) is 0 Å². The molecule has 1 saturated heterocycles. The van der Waals surface area contributed by atoms with Gasteiger partial charge in [-0.2, -0.15) is 0 Å². The molecule has 1 fully saturated rings. The maximum absolute atomic E-state index is 9.72. The van der Waals surface area contributed by atoms with E-state index >= 15 is 0 Å². The maximum atomic E-state index is 9.72. The molecule has 16 heavy (non-hydrogen) atoms. The lowest BCUT2D eigenvalue weighted by molar-refractivity contribution is -0.242. The minimum Gasteiger partial charge on any atom is -0.372 e. The lowest BCUT2D eigenvalue weighted by Crippen LogP contribution is -2.54. The molecule has 0 bridgehead atoms. The van der Waals surface area contributed by atoms with Crippen LogP contribution >= 0.6 is 0 Å². The predicted octanol–water partition coefficient (Wildman–Crippen LogP) is 1.48. The summed E-state index contributed by atoms with van der Waals surface area (Å²) >= 11 is 0. The van der Waals surface area contributed by atoms with Crippen molar-refractivity contribution in [1.29, 1.82) is 0 Å². The summed E-state index contributed by atoms with van der Waals surface area (Å²) in [6, 6.07) is 0.230. The molecule has 1 heterocycles. The molecule has 0 aliphatic carbocycles. The normalized spacial score (nSPS) is 34.5. The van der Waals surface area contributed by atoms with Gasteiger partial charge in [0.15, 0.2) is 6.29 Å². The molecule has 98 valence electrons. The van der Waals surface area contributed by atoms with Gasteiger partial charge in [-0.05, 0) is 34.4 Å². The van der Waals surface area contributed by atoms with Crippen LogP contribution in [0, 0.1) is 0 Å². The molecule has 4 nitrogen and oxygen atoms in total. The van der Waals surface area contributed by atoms with E-state index in [-0.39, 0.29) is 18.2 Å². The number of aliphatic hydroxyl groups excluding tert-OH is 1. The molecule has 1 aliphatic heterocycles. The summed E-state index contributed by atoms with van der Waals surface area (Å²) in [6.07, 6.45) is -0.0410. The first-order valence-corrected chi connectivity index (χ1v) is 6.17. The predicted molar refractivity (Wildman–Crippen MR) is 65.4 cm³/mol. The van der Waals surface area contributed by atoms with Gasteiger partial charge < -0.3 is 19.5 Å². The molecule has 0 aromatic carbocycles. The zero-order chi connectivity index (χ0) is 12.7. The van der Waals surface area contributed by atoms with E-state index in [1.54, 1.807) is 0 Å². The molecule has 0 saturated carbocycles. The second-order valence-electron chi connectivity index (χ2n) is 4.02. The largest absolute Gasteiger partial charge is 0.372 e. The van der Waals surface area contributed by atoms with Crippen molar-refractivity contribution in [1.82, 2.24) is 4.90 Å². The van der Waals surface area contributed by atoms with Crippen molar-refractivity contribution < 1.29 is 14.6 Å². The van der Waals surface area contributed by atoms with Gasteiger partial charge in [0.1, 0.15) is 6.10 Å². The van der Waals surface area contributed by atoms with E-state index in [0.717, 1.165) is 6.42 Å². The highest BCUT2D eigenvalue weighted by atomic mass is 16.6. The standard InChI is InChI=1S/C10H21NO3.C2H6/c1-5-13-9-8(11(3)4)6-7(2)14-10(9)12;1-2/h7-10,12H,5-6H2,1-4H3;1-2H3/t7?,8?,9-,10?;/m1./s1. The van der Waals surface area contributed by atoms with Crippen LogP contribution in [-0.2, 0) is 9.47 Å². The van der Waals surface area contributed by atoms with Crippen LogP contribution in [0.15, 0.2) is 0 Å². The average molecular weight is 233 g/mol. The van der Waals surface area contributed by atoms with Crippen molar-refractivity contribution in [2.24, 2.45) is 0 Å². The van der Waals surface area contributed by atoms with E-state index in [0.29, 0.717) is 6.61 Å². The molecule has 1 N–H and O–H groups in total. The van der Waals surface area contributed by atoms with Crippen LogP contribution in [0.1, 0.15) is 34.1 Å². The third kappa shape index (κ3) is 4.37. The monoisotopic (exact) mass is 233 g/mol. The number of likely N-dealkylation sites (N-methyl/N-ethyl adjacent to an activating group) is 1. The Kier molecular flexibility index (Phi) is 7.93. The number of ether oxygens (including phenoxy) is 2. The van der Waals surface area contributed by atoms with E-state index in [4.69, 9.17) is 9.47 Å². The first-order chi connectivity index (χ1) is 7.56. The number of rotatable bonds is 3. The Morgan fingerprint density at radius 2 is 1.94 bits per heavy atom. The minimum absolute atomic E-state index is 0.0918. The van der Waals surface area contributed by atoms with Gasteiger partial charge in [-0.3, -0.25) is 0 Å². The van der Waals surface area contributed by atoms with E-state index in [9.17, 15) is 5.11 Å². The lowest BCUT2D eigenvalue weighted by atomic mass is 9.99. The van der Waals surface area contributed by atoms with Crippen molar-refractivity contribution in [3.63, 3.8) is 0 Å². The van der Waals surface area contributed by atoms with Gasteiger partial charge in [0.25, 0.3) is 0 Å². The Balaban J connectivity index is 0.00000106. The van der Waals surface area contributed by atoms with Gasteiger partial charge in [-0.25, -0.2) is 0 Å². The second kappa shape index (κ2) is 8.01. The summed E-state index contributed by atoms with van der Waals surface area (Å²) in [6.45, 7) is 8.50. The van der Waals surface area contributed by atoms with Gasteiger partial charge in [-0.1, -0.05) is 13.8 Å². The number of nitrogens with zero attached hydrogens (tertiary/aromatic N) is 1. The smallest absolute Gasteiger partial charge is 0.182 e. The lowest BCUT2D eigenvalue weighted by Gasteiger charge is -2.41. The quantitative estimate of drug-likeness (QED) is 0.801. The third-order valence-electron chi connectivity index (χ3n) is 2.63. The molecule has 0 aromatic heterocycles. The van der Waals surface area contributed by atoms with Gasteiger partial charge >= 0.3 is 0 Å². The zero-order valence-corrected chi connectivity index (χ0v) is 11.4. The van der Waals surface area contributed by atoms with Crippen molar-refractivity contribution in [2.75, 3.05) is 20.7 Å². The Morgan fingerprint density at radius 3 is 2.38 bits per heavy atom. The van der Waals surface area contributed by atoms with Gasteiger partial charge in [-0.15, -0.1) is 0 Å². The topological polar surface area (TPSA) is 41.9 Å². The average Bonchev–Trinajstić information content (AvgIpc) is 2.24. The van der Waals surface area contributed by atoms with Crippen LogP contribution in [0.5, 0.6) is 0 Å². The first kappa shape index (κ1) is 15.8. The maximum Gasteiger partial charge on any atom is 0.182 e. The highest BCUT2D eigenvalue weighted by molar-refractivity contribution is 4.85. The minimum atomic E-state index is -0.800. The molecule has 4 atom stereocenters. The summed E-state index contributed by atoms with van der Waals surface area (Å²) in [4.78, 5) is 2.09. The number of aliphatic hydroxyl groups is 1.